The Balaban J connectivity index is 1.74. The predicted octanol–water partition coefficient (Wildman–Crippen LogP) is 4.25. The van der Waals surface area contributed by atoms with E-state index < -0.39 is 0 Å². The van der Waals surface area contributed by atoms with Crippen LogP contribution in [-0.4, -0.2) is 48.3 Å². The van der Waals surface area contributed by atoms with Crippen LogP contribution in [-0.2, 0) is 11.3 Å². The van der Waals surface area contributed by atoms with E-state index in [0.717, 1.165) is 47.9 Å². The quantitative estimate of drug-likeness (QED) is 0.639. The number of methoxy groups -OCH3 is 1. The van der Waals surface area contributed by atoms with Crippen LogP contribution in [0.25, 0.3) is 10.2 Å². The molecule has 0 aliphatic carbocycles. The summed E-state index contributed by atoms with van der Waals surface area (Å²) in [5.74, 6) is 2.73. The number of hydrogen-bond donors (Lipinski definition) is 0. The minimum atomic E-state index is 0.595. The molecule has 0 saturated carbocycles. The van der Waals surface area contributed by atoms with Crippen molar-refractivity contribution in [3.8, 4) is 17.4 Å². The number of fused-ring (bicyclic) bond motifs is 1. The first-order chi connectivity index (χ1) is 13.5. The highest BCUT2D eigenvalue weighted by atomic mass is 32.1. The van der Waals surface area contributed by atoms with Crippen LogP contribution < -0.4 is 9.47 Å². The van der Waals surface area contributed by atoms with Gasteiger partial charge in [-0.2, -0.15) is 4.98 Å². The first kappa shape index (κ1) is 19.1. The van der Waals surface area contributed by atoms with Crippen molar-refractivity contribution in [1.82, 2.24) is 14.9 Å². The maximum atomic E-state index is 6.28. The van der Waals surface area contributed by atoms with Gasteiger partial charge in [0.05, 0.1) is 32.3 Å². The lowest BCUT2D eigenvalue weighted by Crippen LogP contribution is -2.36. The van der Waals surface area contributed by atoms with Gasteiger partial charge in [0.25, 0.3) is 0 Å². The van der Waals surface area contributed by atoms with Crippen LogP contribution in [0.2, 0.25) is 0 Å². The van der Waals surface area contributed by atoms with Crippen molar-refractivity contribution in [1.29, 1.82) is 0 Å². The molecule has 1 fully saturated rings. The van der Waals surface area contributed by atoms with E-state index in [1.807, 2.05) is 25.1 Å². The predicted molar refractivity (Wildman–Crippen MR) is 111 cm³/mol. The van der Waals surface area contributed by atoms with Gasteiger partial charge in [0.15, 0.2) is 11.5 Å². The third-order valence-corrected chi connectivity index (χ3v) is 6.14. The summed E-state index contributed by atoms with van der Waals surface area (Å²) in [5.41, 5.74) is 2.28. The number of morpholine rings is 1. The van der Waals surface area contributed by atoms with Gasteiger partial charge in [0, 0.05) is 18.0 Å². The lowest BCUT2D eigenvalue weighted by molar-refractivity contribution is 0.0330. The van der Waals surface area contributed by atoms with E-state index in [1.54, 1.807) is 18.4 Å². The van der Waals surface area contributed by atoms with Crippen LogP contribution in [0.3, 0.4) is 0 Å². The molecule has 3 heterocycles. The molecule has 1 aromatic carbocycles. The van der Waals surface area contributed by atoms with Gasteiger partial charge >= 0.3 is 0 Å². The SMILES string of the molecule is COc1cc(C)ccc1Oc1nc(CN2CCOCC2)nc2sc(C)c(C)c12. The number of hydrogen-bond acceptors (Lipinski definition) is 7. The van der Waals surface area contributed by atoms with Gasteiger partial charge in [0.2, 0.25) is 5.88 Å². The first-order valence-electron chi connectivity index (χ1n) is 9.44. The molecule has 0 bridgehead atoms. The smallest absolute Gasteiger partial charge is 0.231 e. The summed E-state index contributed by atoms with van der Waals surface area (Å²) >= 11 is 1.69. The van der Waals surface area contributed by atoms with E-state index >= 15 is 0 Å². The summed E-state index contributed by atoms with van der Waals surface area (Å²) in [6.45, 7) is 10.2. The van der Waals surface area contributed by atoms with Gasteiger partial charge in [-0.05, 0) is 44.0 Å². The molecule has 148 valence electrons. The molecule has 0 N–H and O–H groups in total. The molecule has 1 aliphatic rings. The zero-order chi connectivity index (χ0) is 19.7. The minimum Gasteiger partial charge on any atom is -0.493 e. The third-order valence-electron chi connectivity index (χ3n) is 5.04. The Morgan fingerprint density at radius 3 is 2.64 bits per heavy atom. The number of aromatic nitrogens is 2. The van der Waals surface area contributed by atoms with Gasteiger partial charge < -0.3 is 14.2 Å². The van der Waals surface area contributed by atoms with E-state index in [1.165, 1.54) is 10.4 Å². The van der Waals surface area contributed by atoms with Gasteiger partial charge in [-0.25, -0.2) is 4.98 Å². The lowest BCUT2D eigenvalue weighted by Gasteiger charge is -2.25. The van der Waals surface area contributed by atoms with Crippen molar-refractivity contribution in [2.45, 2.75) is 27.3 Å². The Morgan fingerprint density at radius 1 is 1.11 bits per heavy atom. The molecule has 0 unspecified atom stereocenters. The fraction of sp³-hybridized carbons (Fsp3) is 0.429. The van der Waals surface area contributed by atoms with E-state index in [0.29, 0.717) is 23.9 Å². The summed E-state index contributed by atoms with van der Waals surface area (Å²) < 4.78 is 17.2. The molecule has 7 heteroatoms. The van der Waals surface area contributed by atoms with Crippen LogP contribution >= 0.6 is 11.3 Å². The second-order valence-corrected chi connectivity index (χ2v) is 8.26. The van der Waals surface area contributed by atoms with Crippen LogP contribution in [0, 0.1) is 20.8 Å². The maximum Gasteiger partial charge on any atom is 0.231 e. The van der Waals surface area contributed by atoms with E-state index in [2.05, 4.69) is 18.7 Å². The number of nitrogens with zero attached hydrogens (tertiary/aromatic N) is 3. The largest absolute Gasteiger partial charge is 0.493 e. The lowest BCUT2D eigenvalue weighted by atomic mass is 10.2. The molecule has 0 radical (unpaired) electrons. The first-order valence-corrected chi connectivity index (χ1v) is 10.3. The summed E-state index contributed by atoms with van der Waals surface area (Å²) in [5, 5.41) is 0.982. The molecule has 0 spiro atoms. The zero-order valence-corrected chi connectivity index (χ0v) is 17.6. The summed E-state index contributed by atoms with van der Waals surface area (Å²) in [6.07, 6.45) is 0. The van der Waals surface area contributed by atoms with E-state index in [4.69, 9.17) is 24.2 Å². The average molecular weight is 400 g/mol. The highest BCUT2D eigenvalue weighted by Crippen LogP contribution is 2.39. The topological polar surface area (TPSA) is 56.7 Å². The van der Waals surface area contributed by atoms with Crippen molar-refractivity contribution in [2.24, 2.45) is 0 Å². The molecule has 0 amide bonds. The standard InChI is InChI=1S/C21H25N3O3S/c1-13-5-6-16(17(11-13)25-4)27-20-19-14(2)15(3)28-21(19)23-18(22-20)12-24-7-9-26-10-8-24/h5-6,11H,7-10,12H2,1-4H3. The maximum absolute atomic E-state index is 6.28. The van der Waals surface area contributed by atoms with Crippen LogP contribution in [0.5, 0.6) is 17.4 Å². The fourth-order valence-electron chi connectivity index (χ4n) is 3.32. The van der Waals surface area contributed by atoms with E-state index in [9.17, 15) is 0 Å². The Morgan fingerprint density at radius 2 is 1.89 bits per heavy atom. The molecule has 6 nitrogen and oxygen atoms in total. The van der Waals surface area contributed by atoms with Gasteiger partial charge in [0.1, 0.15) is 10.7 Å². The monoisotopic (exact) mass is 399 g/mol. The number of thiophene rings is 1. The van der Waals surface area contributed by atoms with Crippen LogP contribution in [0.1, 0.15) is 21.8 Å². The molecular weight excluding hydrogens is 374 g/mol. The molecule has 2 aromatic heterocycles. The molecule has 28 heavy (non-hydrogen) atoms. The average Bonchev–Trinajstić information content (AvgIpc) is 2.98. The van der Waals surface area contributed by atoms with Gasteiger partial charge in [-0.3, -0.25) is 4.90 Å². The number of rotatable bonds is 5. The van der Waals surface area contributed by atoms with E-state index in [-0.39, 0.29) is 0 Å². The Hall–Kier alpha value is -2.22. The van der Waals surface area contributed by atoms with Crippen molar-refractivity contribution in [3.63, 3.8) is 0 Å². The number of aryl methyl sites for hydroxylation is 3. The highest BCUT2D eigenvalue weighted by Gasteiger charge is 2.20. The fourth-order valence-corrected chi connectivity index (χ4v) is 4.36. The molecule has 1 aliphatic heterocycles. The molecule has 4 rings (SSSR count). The second-order valence-electron chi connectivity index (χ2n) is 7.05. The summed E-state index contributed by atoms with van der Waals surface area (Å²) in [6, 6.07) is 5.91. The molecule has 1 saturated heterocycles. The third kappa shape index (κ3) is 3.83. The second kappa shape index (κ2) is 8.03. The van der Waals surface area contributed by atoms with Crippen molar-refractivity contribution in [3.05, 3.63) is 40.0 Å². The van der Waals surface area contributed by atoms with Crippen molar-refractivity contribution < 1.29 is 14.2 Å². The summed E-state index contributed by atoms with van der Waals surface area (Å²) in [4.78, 5) is 14.1. The van der Waals surface area contributed by atoms with Gasteiger partial charge in [-0.1, -0.05) is 6.07 Å². The highest BCUT2D eigenvalue weighted by molar-refractivity contribution is 7.18. The Bertz CT molecular complexity index is 996. The van der Waals surface area contributed by atoms with Gasteiger partial charge in [-0.15, -0.1) is 11.3 Å². The minimum absolute atomic E-state index is 0.595. The molecule has 3 aromatic rings. The van der Waals surface area contributed by atoms with Crippen molar-refractivity contribution in [2.75, 3.05) is 33.4 Å². The normalized spacial score (nSPS) is 15.1. The van der Waals surface area contributed by atoms with Crippen LogP contribution in [0.4, 0.5) is 0 Å². The number of benzene rings is 1. The Kier molecular flexibility index (Phi) is 5.48. The van der Waals surface area contributed by atoms with Crippen molar-refractivity contribution >= 4 is 21.6 Å². The summed E-state index contributed by atoms with van der Waals surface area (Å²) in [7, 11) is 1.65. The Labute approximate surface area is 169 Å². The zero-order valence-electron chi connectivity index (χ0n) is 16.7. The molecule has 0 atom stereocenters. The molecular formula is C21H25N3O3S. The number of ether oxygens (including phenoxy) is 3. The van der Waals surface area contributed by atoms with Crippen LogP contribution in [0.15, 0.2) is 18.2 Å².